The van der Waals surface area contributed by atoms with Gasteiger partial charge in [0.05, 0.1) is 12.6 Å². The molecular formula is C26H30FN3O3. The lowest BCUT2D eigenvalue weighted by Gasteiger charge is -2.22. The van der Waals surface area contributed by atoms with E-state index >= 15 is 0 Å². The van der Waals surface area contributed by atoms with Gasteiger partial charge in [0, 0.05) is 26.2 Å². The summed E-state index contributed by atoms with van der Waals surface area (Å²) >= 11 is 0. The Morgan fingerprint density at radius 2 is 1.97 bits per heavy atom. The maximum atomic E-state index is 13.4. The zero-order chi connectivity index (χ0) is 23.2. The van der Waals surface area contributed by atoms with E-state index in [2.05, 4.69) is 47.2 Å². The van der Waals surface area contributed by atoms with Crippen molar-refractivity contribution in [2.24, 2.45) is 0 Å². The minimum atomic E-state index is -0.264. The number of aryl methyl sites for hydroxylation is 2. The molecule has 2 aromatic carbocycles. The molecule has 1 N–H and O–H groups in total. The molecule has 2 heterocycles. The fourth-order valence-corrected chi connectivity index (χ4v) is 4.01. The molecule has 1 aliphatic rings. The minimum absolute atomic E-state index is 0.0732. The summed E-state index contributed by atoms with van der Waals surface area (Å²) in [5.74, 6) is -0.0593. The molecule has 1 aromatic heterocycles. The van der Waals surface area contributed by atoms with Crippen molar-refractivity contribution in [2.75, 3.05) is 13.2 Å². The van der Waals surface area contributed by atoms with Crippen molar-refractivity contribution in [3.63, 3.8) is 0 Å². The zero-order valence-electron chi connectivity index (χ0n) is 19.1. The zero-order valence-corrected chi connectivity index (χ0v) is 19.1. The number of halogens is 1. The summed E-state index contributed by atoms with van der Waals surface area (Å²) in [4.78, 5) is 19.0. The molecule has 1 aliphatic heterocycles. The maximum absolute atomic E-state index is 13.4. The molecule has 0 bridgehead atoms. The first-order chi connectivity index (χ1) is 16.0. The van der Waals surface area contributed by atoms with E-state index in [1.54, 1.807) is 12.1 Å². The van der Waals surface area contributed by atoms with Crippen LogP contribution in [0.5, 0.6) is 0 Å². The molecule has 4 rings (SSSR count). The van der Waals surface area contributed by atoms with Gasteiger partial charge in [-0.3, -0.25) is 9.69 Å². The lowest BCUT2D eigenvalue weighted by molar-refractivity contribution is 0.0853. The summed E-state index contributed by atoms with van der Waals surface area (Å²) < 4.78 is 24.5. The smallest absolute Gasteiger partial charge is 0.273 e. The van der Waals surface area contributed by atoms with Crippen LogP contribution < -0.4 is 5.32 Å². The molecule has 0 spiro atoms. The highest BCUT2D eigenvalue weighted by Crippen LogP contribution is 2.18. The van der Waals surface area contributed by atoms with Crippen molar-refractivity contribution < 1.29 is 18.3 Å². The number of oxazole rings is 1. The summed E-state index contributed by atoms with van der Waals surface area (Å²) in [6.45, 7) is 7.08. The van der Waals surface area contributed by atoms with Gasteiger partial charge in [0.1, 0.15) is 12.1 Å². The first kappa shape index (κ1) is 23.1. The quantitative estimate of drug-likeness (QED) is 0.517. The topological polar surface area (TPSA) is 67.6 Å². The molecule has 33 heavy (non-hydrogen) atoms. The van der Waals surface area contributed by atoms with E-state index in [1.807, 2.05) is 0 Å². The Bertz CT molecular complexity index is 1070. The van der Waals surface area contributed by atoms with E-state index in [0.29, 0.717) is 32.1 Å². The van der Waals surface area contributed by atoms with E-state index in [4.69, 9.17) is 9.15 Å². The number of aromatic nitrogens is 1. The second-order valence-corrected chi connectivity index (χ2v) is 8.67. The molecule has 174 valence electrons. The van der Waals surface area contributed by atoms with E-state index in [1.165, 1.54) is 35.1 Å². The number of benzene rings is 2. The molecule has 0 unspecified atom stereocenters. The molecular weight excluding hydrogens is 421 g/mol. The highest BCUT2D eigenvalue weighted by molar-refractivity contribution is 5.91. The van der Waals surface area contributed by atoms with Gasteiger partial charge >= 0.3 is 0 Å². The normalized spacial score (nSPS) is 15.8. The molecule has 7 heteroatoms. The van der Waals surface area contributed by atoms with E-state index < -0.39 is 0 Å². The van der Waals surface area contributed by atoms with Gasteiger partial charge in [-0.1, -0.05) is 35.9 Å². The van der Waals surface area contributed by atoms with Crippen LogP contribution in [0.15, 0.2) is 53.1 Å². The van der Waals surface area contributed by atoms with Crippen molar-refractivity contribution in [1.82, 2.24) is 15.2 Å². The Morgan fingerprint density at radius 1 is 1.15 bits per heavy atom. The molecule has 0 radical (unpaired) electrons. The van der Waals surface area contributed by atoms with Crippen LogP contribution in [0, 0.1) is 19.7 Å². The van der Waals surface area contributed by atoms with Crippen LogP contribution in [-0.2, 0) is 24.4 Å². The van der Waals surface area contributed by atoms with Crippen LogP contribution >= 0.6 is 0 Å². The molecule has 0 aliphatic carbocycles. The van der Waals surface area contributed by atoms with Crippen molar-refractivity contribution in [3.05, 3.63) is 88.4 Å². The van der Waals surface area contributed by atoms with Crippen LogP contribution in [0.1, 0.15) is 51.5 Å². The Hall–Kier alpha value is -3.03. The molecule has 3 aromatic rings. The van der Waals surface area contributed by atoms with Crippen LogP contribution in [0.4, 0.5) is 4.39 Å². The fourth-order valence-electron chi connectivity index (χ4n) is 4.01. The Labute approximate surface area is 193 Å². The maximum Gasteiger partial charge on any atom is 0.273 e. The van der Waals surface area contributed by atoms with Gasteiger partial charge < -0.3 is 14.5 Å². The molecule has 1 saturated heterocycles. The Balaban J connectivity index is 1.45. The largest absolute Gasteiger partial charge is 0.447 e. The van der Waals surface area contributed by atoms with E-state index in [0.717, 1.165) is 25.0 Å². The van der Waals surface area contributed by atoms with E-state index in [-0.39, 0.29) is 23.5 Å². The summed E-state index contributed by atoms with van der Waals surface area (Å²) in [6.07, 6.45) is 3.46. The number of carbonyl (C=O) groups excluding carboxylic acids is 1. The number of amides is 1. The first-order valence-electron chi connectivity index (χ1n) is 11.3. The van der Waals surface area contributed by atoms with Crippen molar-refractivity contribution in [3.8, 4) is 0 Å². The summed E-state index contributed by atoms with van der Waals surface area (Å²) in [5, 5.41) is 2.87. The van der Waals surface area contributed by atoms with Gasteiger partial charge in [-0.2, -0.15) is 0 Å². The molecule has 6 nitrogen and oxygen atoms in total. The third-order valence-electron chi connectivity index (χ3n) is 5.88. The molecule has 1 fully saturated rings. The van der Waals surface area contributed by atoms with Gasteiger partial charge in [0.2, 0.25) is 5.89 Å². The van der Waals surface area contributed by atoms with Crippen LogP contribution in [0.3, 0.4) is 0 Å². The van der Waals surface area contributed by atoms with Crippen LogP contribution in [0.25, 0.3) is 0 Å². The SMILES string of the molecule is Cc1ccc(C)c(CN(Cc2ccc(F)cc2)Cc2nc(C(=O)NC[C@@H]3CCCO3)co2)c1. The van der Waals surface area contributed by atoms with Crippen LogP contribution in [0.2, 0.25) is 0 Å². The summed E-state index contributed by atoms with van der Waals surface area (Å²) in [7, 11) is 0. The number of ether oxygens (including phenoxy) is 1. The summed E-state index contributed by atoms with van der Waals surface area (Å²) in [5.41, 5.74) is 4.85. The number of hydrogen-bond donors (Lipinski definition) is 1. The van der Waals surface area contributed by atoms with Gasteiger partial charge in [-0.15, -0.1) is 0 Å². The molecule has 1 atom stereocenters. The number of rotatable bonds is 9. The van der Waals surface area contributed by atoms with Crippen molar-refractivity contribution >= 4 is 5.91 Å². The van der Waals surface area contributed by atoms with Crippen LogP contribution in [-0.4, -0.2) is 35.0 Å². The first-order valence-corrected chi connectivity index (χ1v) is 11.3. The third kappa shape index (κ3) is 6.49. The Morgan fingerprint density at radius 3 is 2.73 bits per heavy atom. The number of carbonyl (C=O) groups is 1. The monoisotopic (exact) mass is 451 g/mol. The second kappa shape index (κ2) is 10.7. The minimum Gasteiger partial charge on any atom is -0.447 e. The fraction of sp³-hybridized carbons (Fsp3) is 0.385. The predicted octanol–water partition coefficient (Wildman–Crippen LogP) is 4.54. The molecule has 1 amide bonds. The summed E-state index contributed by atoms with van der Waals surface area (Å²) in [6, 6.07) is 12.9. The highest BCUT2D eigenvalue weighted by Gasteiger charge is 2.19. The molecule has 0 saturated carbocycles. The van der Waals surface area contributed by atoms with Gasteiger partial charge in [0.25, 0.3) is 5.91 Å². The number of nitrogens with zero attached hydrogens (tertiary/aromatic N) is 2. The third-order valence-corrected chi connectivity index (χ3v) is 5.88. The lowest BCUT2D eigenvalue weighted by atomic mass is 10.0. The average molecular weight is 452 g/mol. The van der Waals surface area contributed by atoms with Crippen molar-refractivity contribution in [1.29, 1.82) is 0 Å². The van der Waals surface area contributed by atoms with Gasteiger partial charge in [0.15, 0.2) is 5.69 Å². The highest BCUT2D eigenvalue weighted by atomic mass is 19.1. The van der Waals surface area contributed by atoms with E-state index in [9.17, 15) is 9.18 Å². The second-order valence-electron chi connectivity index (χ2n) is 8.67. The van der Waals surface area contributed by atoms with Crippen molar-refractivity contribution in [2.45, 2.75) is 52.4 Å². The lowest BCUT2D eigenvalue weighted by Crippen LogP contribution is -2.32. The number of nitrogens with one attached hydrogen (secondary N) is 1. The number of hydrogen-bond acceptors (Lipinski definition) is 5. The Kier molecular flexibility index (Phi) is 7.52. The van der Waals surface area contributed by atoms with Gasteiger partial charge in [-0.25, -0.2) is 9.37 Å². The standard InChI is InChI=1S/C26H30FN3O3/c1-18-5-6-19(2)21(12-18)15-30(14-20-7-9-22(27)10-8-20)16-25-29-24(17-33-25)26(31)28-13-23-4-3-11-32-23/h5-10,12,17,23H,3-4,11,13-16H2,1-2H3,(H,28,31)/t23-/m0/s1. The predicted molar refractivity (Wildman–Crippen MR) is 123 cm³/mol. The average Bonchev–Trinajstić information content (AvgIpc) is 3.48. The van der Waals surface area contributed by atoms with Gasteiger partial charge in [-0.05, 0) is 55.5 Å².